The molecule has 2 rings (SSSR count). The summed E-state index contributed by atoms with van der Waals surface area (Å²) in [7, 11) is -3.21. The lowest BCUT2D eigenvalue weighted by Crippen LogP contribution is -2.41. The first-order valence-corrected chi connectivity index (χ1v) is 8.83. The minimum atomic E-state index is -3.21. The van der Waals surface area contributed by atoms with Crippen LogP contribution >= 0.6 is 11.6 Å². The van der Waals surface area contributed by atoms with Crippen LogP contribution in [0.15, 0.2) is 12.1 Å². The van der Waals surface area contributed by atoms with E-state index < -0.39 is 21.7 Å². The summed E-state index contributed by atoms with van der Waals surface area (Å²) in [6.45, 7) is 1.29. The Morgan fingerprint density at radius 3 is 2.76 bits per heavy atom. The van der Waals surface area contributed by atoms with Gasteiger partial charge in [0.05, 0.1) is 17.0 Å². The third kappa shape index (κ3) is 4.28. The van der Waals surface area contributed by atoms with Gasteiger partial charge in [-0.1, -0.05) is 11.6 Å². The van der Waals surface area contributed by atoms with E-state index in [4.69, 9.17) is 11.6 Å². The van der Waals surface area contributed by atoms with Crippen molar-refractivity contribution in [3.05, 3.63) is 28.8 Å². The lowest BCUT2D eigenvalue weighted by Gasteiger charge is -2.31. The quantitative estimate of drug-likeness (QED) is 0.918. The largest absolute Gasteiger partial charge is 0.381 e. The third-order valence-electron chi connectivity index (χ3n) is 3.53. The maximum absolute atomic E-state index is 13.6. The van der Waals surface area contributed by atoms with Crippen LogP contribution in [-0.2, 0) is 10.0 Å². The van der Waals surface area contributed by atoms with Crippen molar-refractivity contribution in [2.45, 2.75) is 12.8 Å². The number of halogens is 3. The molecule has 0 saturated carbocycles. The van der Waals surface area contributed by atoms with Gasteiger partial charge in [0.15, 0.2) is 5.82 Å². The van der Waals surface area contributed by atoms with Gasteiger partial charge in [-0.05, 0) is 24.8 Å². The van der Waals surface area contributed by atoms with Crippen molar-refractivity contribution in [1.29, 1.82) is 0 Å². The second-order valence-corrected chi connectivity index (χ2v) is 7.64. The van der Waals surface area contributed by atoms with E-state index in [0.29, 0.717) is 19.6 Å². The lowest BCUT2D eigenvalue weighted by molar-refractivity contribution is 0.276. The number of anilines is 1. The molecule has 0 aromatic heterocycles. The molecular formula is C13H17ClF2N2O2S. The van der Waals surface area contributed by atoms with E-state index in [1.165, 1.54) is 10.6 Å². The zero-order valence-corrected chi connectivity index (χ0v) is 13.1. The van der Waals surface area contributed by atoms with Gasteiger partial charge in [-0.25, -0.2) is 21.5 Å². The Bertz CT molecular complexity index is 602. The van der Waals surface area contributed by atoms with Gasteiger partial charge in [0.1, 0.15) is 5.82 Å². The smallest absolute Gasteiger partial charge is 0.211 e. The van der Waals surface area contributed by atoms with Gasteiger partial charge < -0.3 is 5.32 Å². The molecule has 1 saturated heterocycles. The number of hydrogen-bond acceptors (Lipinski definition) is 3. The summed E-state index contributed by atoms with van der Waals surface area (Å²) in [5, 5.41) is 2.83. The van der Waals surface area contributed by atoms with Crippen molar-refractivity contribution in [3.63, 3.8) is 0 Å². The summed E-state index contributed by atoms with van der Waals surface area (Å²) in [5.74, 6) is -1.42. The fourth-order valence-corrected chi connectivity index (χ4v) is 3.66. The highest BCUT2D eigenvalue weighted by Gasteiger charge is 2.26. The summed E-state index contributed by atoms with van der Waals surface area (Å²) >= 11 is 5.80. The number of nitrogens with one attached hydrogen (secondary N) is 1. The average Bonchev–Trinajstić information content (AvgIpc) is 2.36. The van der Waals surface area contributed by atoms with Gasteiger partial charge in [0.2, 0.25) is 10.0 Å². The Morgan fingerprint density at radius 1 is 1.43 bits per heavy atom. The third-order valence-corrected chi connectivity index (χ3v) is 5.09. The van der Waals surface area contributed by atoms with Crippen LogP contribution in [-0.4, -0.2) is 38.6 Å². The zero-order valence-electron chi connectivity index (χ0n) is 11.6. The van der Waals surface area contributed by atoms with Crippen LogP contribution in [0.25, 0.3) is 0 Å². The molecule has 1 aromatic rings. The summed E-state index contributed by atoms with van der Waals surface area (Å²) in [6, 6.07) is 1.80. The van der Waals surface area contributed by atoms with E-state index in [9.17, 15) is 17.2 Å². The Morgan fingerprint density at radius 2 is 2.14 bits per heavy atom. The van der Waals surface area contributed by atoms with E-state index in [2.05, 4.69) is 5.32 Å². The molecule has 1 N–H and O–H groups in total. The molecule has 0 amide bonds. The van der Waals surface area contributed by atoms with E-state index in [-0.39, 0.29) is 16.6 Å². The number of benzene rings is 1. The first-order chi connectivity index (χ1) is 9.77. The summed E-state index contributed by atoms with van der Waals surface area (Å²) in [4.78, 5) is 0. The molecule has 0 aliphatic carbocycles. The first-order valence-electron chi connectivity index (χ1n) is 6.61. The molecule has 1 aliphatic heterocycles. The Kier molecular flexibility index (Phi) is 5.06. The molecule has 0 radical (unpaired) electrons. The number of rotatable bonds is 4. The zero-order chi connectivity index (χ0) is 15.6. The molecule has 0 spiro atoms. The van der Waals surface area contributed by atoms with E-state index in [0.717, 1.165) is 25.0 Å². The molecule has 0 bridgehead atoms. The number of piperidine rings is 1. The molecule has 118 valence electrons. The van der Waals surface area contributed by atoms with Crippen molar-refractivity contribution in [1.82, 2.24) is 4.31 Å². The highest BCUT2D eigenvalue weighted by atomic mass is 35.5. The van der Waals surface area contributed by atoms with Crippen molar-refractivity contribution < 1.29 is 17.2 Å². The van der Waals surface area contributed by atoms with E-state index in [1.807, 2.05) is 0 Å². The molecule has 1 aromatic carbocycles. The molecule has 1 heterocycles. The first kappa shape index (κ1) is 16.5. The normalized spacial score (nSPS) is 20.5. The Balaban J connectivity index is 2.00. The van der Waals surface area contributed by atoms with Gasteiger partial charge in [-0.15, -0.1) is 0 Å². The summed E-state index contributed by atoms with van der Waals surface area (Å²) < 4.78 is 51.1. The topological polar surface area (TPSA) is 49.4 Å². The highest BCUT2D eigenvalue weighted by Crippen LogP contribution is 2.27. The minimum absolute atomic E-state index is 0.0247. The predicted octanol–water partition coefficient (Wildman–Crippen LogP) is 2.70. The second-order valence-electron chi connectivity index (χ2n) is 5.25. The fraction of sp³-hybridized carbons (Fsp3) is 0.538. The Hall–Kier alpha value is -0.920. The van der Waals surface area contributed by atoms with Gasteiger partial charge in [-0.2, -0.15) is 0 Å². The van der Waals surface area contributed by atoms with Crippen LogP contribution in [0.2, 0.25) is 5.02 Å². The lowest BCUT2D eigenvalue weighted by atomic mass is 9.99. The standard InChI is InChI=1S/C13H17ClF2N2O2S/c1-21(19,20)18-4-2-3-9(8-18)7-17-13-11(14)5-10(15)6-12(13)16/h5-6,9,17H,2-4,7-8H2,1H3. The van der Waals surface area contributed by atoms with Crippen molar-refractivity contribution in [2.75, 3.05) is 31.2 Å². The monoisotopic (exact) mass is 338 g/mol. The van der Waals surface area contributed by atoms with Crippen molar-refractivity contribution >= 4 is 27.3 Å². The molecule has 1 atom stereocenters. The van der Waals surface area contributed by atoms with Gasteiger partial charge in [0.25, 0.3) is 0 Å². The molecule has 1 fully saturated rings. The predicted molar refractivity (Wildman–Crippen MR) is 79.0 cm³/mol. The SMILES string of the molecule is CS(=O)(=O)N1CCCC(CNc2c(F)cc(F)cc2Cl)C1. The average molecular weight is 339 g/mol. The van der Waals surface area contributed by atoms with Gasteiger partial charge in [0, 0.05) is 25.7 Å². The highest BCUT2D eigenvalue weighted by molar-refractivity contribution is 7.88. The fourth-order valence-electron chi connectivity index (χ4n) is 2.45. The summed E-state index contributed by atoms with van der Waals surface area (Å²) in [6.07, 6.45) is 2.79. The van der Waals surface area contributed by atoms with Crippen LogP contribution in [0.1, 0.15) is 12.8 Å². The Labute approximate surface area is 128 Å². The number of sulfonamides is 1. The molecule has 4 nitrogen and oxygen atoms in total. The van der Waals surface area contributed by atoms with Crippen LogP contribution < -0.4 is 5.32 Å². The maximum Gasteiger partial charge on any atom is 0.211 e. The number of nitrogens with zero attached hydrogens (tertiary/aromatic N) is 1. The van der Waals surface area contributed by atoms with Gasteiger partial charge >= 0.3 is 0 Å². The molecule has 8 heteroatoms. The number of hydrogen-bond donors (Lipinski definition) is 1. The van der Waals surface area contributed by atoms with E-state index >= 15 is 0 Å². The second kappa shape index (κ2) is 6.46. The van der Waals surface area contributed by atoms with Crippen LogP contribution in [0.4, 0.5) is 14.5 Å². The maximum atomic E-state index is 13.6. The van der Waals surface area contributed by atoms with Crippen LogP contribution in [0.3, 0.4) is 0 Å². The summed E-state index contributed by atoms with van der Waals surface area (Å²) in [5.41, 5.74) is 0.0505. The molecule has 21 heavy (non-hydrogen) atoms. The molecular weight excluding hydrogens is 322 g/mol. The molecule has 1 aliphatic rings. The van der Waals surface area contributed by atoms with Crippen LogP contribution in [0.5, 0.6) is 0 Å². The van der Waals surface area contributed by atoms with Crippen LogP contribution in [0, 0.1) is 17.6 Å². The molecule has 1 unspecified atom stereocenters. The van der Waals surface area contributed by atoms with Crippen molar-refractivity contribution in [2.24, 2.45) is 5.92 Å². The van der Waals surface area contributed by atoms with Gasteiger partial charge in [-0.3, -0.25) is 0 Å². The van der Waals surface area contributed by atoms with Crippen molar-refractivity contribution in [3.8, 4) is 0 Å². The minimum Gasteiger partial charge on any atom is -0.381 e. The van der Waals surface area contributed by atoms with E-state index in [1.54, 1.807) is 0 Å².